The molecule has 88 valence electrons. The van der Waals surface area contributed by atoms with E-state index in [0.717, 1.165) is 12.0 Å². The summed E-state index contributed by atoms with van der Waals surface area (Å²) in [6.07, 6.45) is 0.908. The molecule has 1 aliphatic heterocycles. The summed E-state index contributed by atoms with van der Waals surface area (Å²) in [5, 5.41) is 0. The molecule has 2 rings (SSSR count). The van der Waals surface area contributed by atoms with Crippen LogP contribution in [-0.4, -0.2) is 13.0 Å². The monoisotopic (exact) mass is 242 g/mol. The lowest BCUT2D eigenvalue weighted by Crippen LogP contribution is -2.11. The van der Waals surface area contributed by atoms with Crippen LogP contribution in [-0.2, 0) is 20.4 Å². The summed E-state index contributed by atoms with van der Waals surface area (Å²) in [6, 6.07) is 7.44. The smallest absolute Gasteiger partial charge is 0.405 e. The van der Waals surface area contributed by atoms with Crippen LogP contribution in [0, 0.1) is 0 Å². The molecule has 4 nitrogen and oxygen atoms in total. The number of fused-ring (bicyclic) bond motifs is 1. The Balaban J connectivity index is 2.03. The minimum Gasteiger partial charge on any atom is -0.422 e. The third-order valence-electron chi connectivity index (χ3n) is 2.22. The van der Waals surface area contributed by atoms with E-state index >= 15 is 0 Å². The van der Waals surface area contributed by atoms with Gasteiger partial charge in [-0.3, -0.25) is 4.52 Å². The maximum atomic E-state index is 12.1. The van der Waals surface area contributed by atoms with E-state index in [1.807, 2.05) is 25.1 Å². The largest absolute Gasteiger partial charge is 0.422 e. The first-order valence-corrected chi connectivity index (χ1v) is 7.05. The zero-order chi connectivity index (χ0) is 11.4. The number of ether oxygens (including phenoxy) is 1. The molecule has 1 atom stereocenters. The Bertz CT molecular complexity index is 405. The van der Waals surface area contributed by atoms with Crippen molar-refractivity contribution < 1.29 is 18.3 Å². The zero-order valence-electron chi connectivity index (χ0n) is 9.22. The predicted octanol–water partition coefficient (Wildman–Crippen LogP) is 3.17. The van der Waals surface area contributed by atoms with Crippen LogP contribution < -0.4 is 4.52 Å². The molecule has 1 aromatic rings. The molecule has 1 aromatic carbocycles. The third kappa shape index (κ3) is 2.64. The van der Waals surface area contributed by atoms with Crippen LogP contribution in [0.25, 0.3) is 0 Å². The van der Waals surface area contributed by atoms with Crippen LogP contribution in [0.4, 0.5) is 0 Å². The molecular weight excluding hydrogens is 227 g/mol. The maximum absolute atomic E-state index is 12.1. The van der Waals surface area contributed by atoms with Crippen LogP contribution in [0.2, 0.25) is 0 Å². The minimum absolute atomic E-state index is 0.0230. The Morgan fingerprint density at radius 2 is 2.25 bits per heavy atom. The predicted molar refractivity (Wildman–Crippen MR) is 60.6 cm³/mol. The van der Waals surface area contributed by atoms with Gasteiger partial charge in [0.05, 0.1) is 6.61 Å². The highest BCUT2D eigenvalue weighted by atomic mass is 31.2. The fourth-order valence-corrected chi connectivity index (χ4v) is 2.79. The Morgan fingerprint density at radius 3 is 3.06 bits per heavy atom. The summed E-state index contributed by atoms with van der Waals surface area (Å²) in [4.78, 5) is 0. The Hall–Kier alpha value is -0.830. The van der Waals surface area contributed by atoms with Gasteiger partial charge in [-0.25, -0.2) is 4.57 Å². The van der Waals surface area contributed by atoms with E-state index in [0.29, 0.717) is 19.0 Å². The molecule has 16 heavy (non-hydrogen) atoms. The van der Waals surface area contributed by atoms with Gasteiger partial charge in [-0.1, -0.05) is 25.1 Å². The van der Waals surface area contributed by atoms with Gasteiger partial charge in [0.25, 0.3) is 0 Å². The van der Waals surface area contributed by atoms with Gasteiger partial charge < -0.3 is 9.26 Å². The molecule has 0 radical (unpaired) electrons. The van der Waals surface area contributed by atoms with Gasteiger partial charge in [0, 0.05) is 12.2 Å². The third-order valence-corrected chi connectivity index (χ3v) is 3.72. The Labute approximate surface area is 95.1 Å². The van der Waals surface area contributed by atoms with Crippen molar-refractivity contribution in [1.82, 2.24) is 0 Å². The van der Waals surface area contributed by atoms with Crippen molar-refractivity contribution in [3.05, 3.63) is 29.8 Å². The van der Waals surface area contributed by atoms with Crippen molar-refractivity contribution in [1.29, 1.82) is 0 Å². The van der Waals surface area contributed by atoms with Gasteiger partial charge in [-0.05, 0) is 12.5 Å². The highest BCUT2D eigenvalue weighted by Crippen LogP contribution is 2.53. The molecule has 0 saturated heterocycles. The fourth-order valence-electron chi connectivity index (χ4n) is 1.44. The Morgan fingerprint density at radius 1 is 1.44 bits per heavy atom. The van der Waals surface area contributed by atoms with E-state index in [2.05, 4.69) is 0 Å². The maximum Gasteiger partial charge on any atom is 0.405 e. The molecule has 0 bridgehead atoms. The van der Waals surface area contributed by atoms with Crippen LogP contribution in [0.5, 0.6) is 5.75 Å². The fraction of sp³-hybridized carbons (Fsp3) is 0.455. The first-order valence-electron chi connectivity index (χ1n) is 5.32. The molecule has 0 aliphatic carbocycles. The van der Waals surface area contributed by atoms with Crippen molar-refractivity contribution in [2.24, 2.45) is 0 Å². The average molecular weight is 242 g/mol. The summed E-state index contributed by atoms with van der Waals surface area (Å²) >= 11 is 0. The number of benzene rings is 1. The first kappa shape index (κ1) is 11.6. The molecule has 0 spiro atoms. The van der Waals surface area contributed by atoms with E-state index in [9.17, 15) is 4.57 Å². The van der Waals surface area contributed by atoms with Gasteiger partial charge in [-0.2, -0.15) is 0 Å². The van der Waals surface area contributed by atoms with Crippen LogP contribution in [0.3, 0.4) is 0 Å². The molecule has 5 heteroatoms. The van der Waals surface area contributed by atoms with Crippen molar-refractivity contribution in [2.75, 3.05) is 13.0 Å². The number of para-hydroxylation sites is 1. The van der Waals surface area contributed by atoms with Crippen LogP contribution in [0.15, 0.2) is 24.3 Å². The van der Waals surface area contributed by atoms with Crippen molar-refractivity contribution in [3.8, 4) is 5.75 Å². The van der Waals surface area contributed by atoms with Crippen molar-refractivity contribution in [3.63, 3.8) is 0 Å². The van der Waals surface area contributed by atoms with E-state index in [4.69, 9.17) is 13.8 Å². The number of rotatable bonds is 4. The van der Waals surface area contributed by atoms with Crippen molar-refractivity contribution >= 4 is 7.60 Å². The second-order valence-electron chi connectivity index (χ2n) is 3.62. The summed E-state index contributed by atoms with van der Waals surface area (Å²) < 4.78 is 27.9. The quantitative estimate of drug-likeness (QED) is 0.601. The Kier molecular flexibility index (Phi) is 3.64. The van der Waals surface area contributed by atoms with Gasteiger partial charge in [0.1, 0.15) is 5.75 Å². The molecular formula is C11H15O4P. The lowest BCUT2D eigenvalue weighted by atomic mass is 10.2. The molecule has 0 fully saturated rings. The van der Waals surface area contributed by atoms with Gasteiger partial charge in [0.2, 0.25) is 0 Å². The lowest BCUT2D eigenvalue weighted by Gasteiger charge is -2.25. The normalized spacial score (nSPS) is 23.6. The summed E-state index contributed by atoms with van der Waals surface area (Å²) in [5.41, 5.74) is 0.921. The highest BCUT2D eigenvalue weighted by Gasteiger charge is 2.31. The minimum atomic E-state index is -3.10. The van der Waals surface area contributed by atoms with Gasteiger partial charge in [-0.15, -0.1) is 0 Å². The topological polar surface area (TPSA) is 44.8 Å². The summed E-state index contributed by atoms with van der Waals surface area (Å²) in [5.74, 6) is 0.636. The molecule has 0 aromatic heterocycles. The van der Waals surface area contributed by atoms with Crippen molar-refractivity contribution in [2.45, 2.75) is 20.0 Å². The van der Waals surface area contributed by atoms with E-state index in [1.54, 1.807) is 6.07 Å². The zero-order valence-corrected chi connectivity index (χ0v) is 10.1. The molecule has 0 N–H and O–H groups in total. The van der Waals surface area contributed by atoms with Crippen LogP contribution >= 0.6 is 7.60 Å². The molecule has 1 heterocycles. The number of hydrogen-bond acceptors (Lipinski definition) is 4. The highest BCUT2D eigenvalue weighted by molar-refractivity contribution is 7.54. The molecule has 1 unspecified atom stereocenters. The number of hydrogen-bond donors (Lipinski definition) is 0. The molecule has 1 aliphatic rings. The molecule has 0 saturated carbocycles. The van der Waals surface area contributed by atoms with E-state index in [-0.39, 0.29) is 6.35 Å². The van der Waals surface area contributed by atoms with E-state index in [1.165, 1.54) is 0 Å². The average Bonchev–Trinajstić information content (AvgIpc) is 2.29. The summed E-state index contributed by atoms with van der Waals surface area (Å²) in [7, 11) is -3.10. The van der Waals surface area contributed by atoms with E-state index < -0.39 is 7.60 Å². The lowest BCUT2D eigenvalue weighted by molar-refractivity contribution is 0.139. The second-order valence-corrected chi connectivity index (χ2v) is 5.54. The summed E-state index contributed by atoms with van der Waals surface area (Å²) in [6.45, 7) is 2.88. The SMILES string of the molecule is CCCOCP1(=O)OCc2ccccc2O1. The van der Waals surface area contributed by atoms with Gasteiger partial charge in [0.15, 0.2) is 6.35 Å². The second kappa shape index (κ2) is 5.00. The molecule has 0 amide bonds. The first-order chi connectivity index (χ1) is 7.73. The standard InChI is InChI=1S/C11H15O4P/c1-2-7-13-9-16(12)14-8-10-5-3-4-6-11(10)15-16/h3-6H,2,7-9H2,1H3. The van der Waals surface area contributed by atoms with Gasteiger partial charge >= 0.3 is 7.60 Å². The van der Waals surface area contributed by atoms with Crippen LogP contribution in [0.1, 0.15) is 18.9 Å².